The Morgan fingerprint density at radius 2 is 2.15 bits per heavy atom. The van der Waals surface area contributed by atoms with Gasteiger partial charge in [-0.25, -0.2) is 9.18 Å². The van der Waals surface area contributed by atoms with E-state index in [2.05, 4.69) is 0 Å². The molecule has 2 aromatic rings. The molecule has 3 nitrogen and oxygen atoms in total. The van der Waals surface area contributed by atoms with Crippen LogP contribution in [0.25, 0.3) is 10.9 Å². The van der Waals surface area contributed by atoms with Crippen LogP contribution in [0.1, 0.15) is 0 Å². The van der Waals surface area contributed by atoms with Crippen LogP contribution in [0.4, 0.5) is 9.18 Å². The lowest BCUT2D eigenvalue weighted by molar-refractivity contribution is 0.251. The Labute approximate surface area is 73.6 Å². The molecule has 0 saturated heterocycles. The molecule has 0 bridgehead atoms. The van der Waals surface area contributed by atoms with E-state index in [0.717, 1.165) is 0 Å². The zero-order valence-electron chi connectivity index (χ0n) is 6.70. The van der Waals surface area contributed by atoms with Gasteiger partial charge in [0.2, 0.25) is 0 Å². The molecule has 1 heterocycles. The Morgan fingerprint density at radius 1 is 1.38 bits per heavy atom. The molecule has 0 fully saturated rings. The predicted octanol–water partition coefficient (Wildman–Crippen LogP) is 1.71. The molecule has 0 aliphatic carbocycles. The summed E-state index contributed by atoms with van der Waals surface area (Å²) < 4.78 is 14.0. The maximum Gasteiger partial charge on any atom is 0.323 e. The molecule has 0 atom stereocenters. The number of benzene rings is 1. The maximum atomic E-state index is 12.7. The highest BCUT2D eigenvalue weighted by Gasteiger charge is 2.04. The standard InChI is InChI=1S/C9H7FN2O/c10-7-1-2-8-6(5-7)3-4-12(8)9(11)13/h1-5H,(H2,11,13). The quantitative estimate of drug-likeness (QED) is 0.655. The number of aromatic nitrogens is 1. The summed E-state index contributed by atoms with van der Waals surface area (Å²) in [6.07, 6.45) is 1.52. The molecule has 1 aromatic heterocycles. The fourth-order valence-corrected chi connectivity index (χ4v) is 1.31. The highest BCUT2D eigenvalue weighted by atomic mass is 19.1. The fraction of sp³-hybridized carbons (Fsp3) is 0. The molecule has 66 valence electrons. The number of carbonyl (C=O) groups excluding carboxylic acids is 1. The van der Waals surface area contributed by atoms with Crippen LogP contribution >= 0.6 is 0 Å². The second kappa shape index (κ2) is 2.58. The van der Waals surface area contributed by atoms with Crippen molar-refractivity contribution in [1.29, 1.82) is 0 Å². The summed E-state index contributed by atoms with van der Waals surface area (Å²) >= 11 is 0. The van der Waals surface area contributed by atoms with Crippen molar-refractivity contribution in [2.45, 2.75) is 0 Å². The van der Waals surface area contributed by atoms with Crippen LogP contribution in [0.3, 0.4) is 0 Å². The van der Waals surface area contributed by atoms with Gasteiger partial charge in [-0.15, -0.1) is 0 Å². The molecular formula is C9H7FN2O. The minimum atomic E-state index is -0.568. The van der Waals surface area contributed by atoms with Crippen molar-refractivity contribution >= 4 is 16.9 Å². The van der Waals surface area contributed by atoms with Crippen LogP contribution in [0, 0.1) is 5.82 Å². The van der Waals surface area contributed by atoms with E-state index < -0.39 is 6.03 Å². The highest BCUT2D eigenvalue weighted by Crippen LogP contribution is 2.16. The van der Waals surface area contributed by atoms with Crippen LogP contribution in [0.15, 0.2) is 30.5 Å². The number of amides is 1. The van der Waals surface area contributed by atoms with E-state index in [-0.39, 0.29) is 5.82 Å². The average molecular weight is 178 g/mol. The number of nitrogens with zero attached hydrogens (tertiary/aromatic N) is 1. The van der Waals surface area contributed by atoms with Crippen LogP contribution in [-0.4, -0.2) is 10.6 Å². The number of carbonyl (C=O) groups is 1. The van der Waals surface area contributed by atoms with Crippen LogP contribution < -0.4 is 5.73 Å². The molecule has 0 unspecified atom stereocenters. The molecule has 4 heteroatoms. The molecule has 0 spiro atoms. The van der Waals surface area contributed by atoms with E-state index in [1.165, 1.54) is 29.0 Å². The third kappa shape index (κ3) is 1.16. The molecule has 0 saturated carbocycles. The van der Waals surface area contributed by atoms with Crippen molar-refractivity contribution in [2.75, 3.05) is 0 Å². The number of hydrogen-bond donors (Lipinski definition) is 1. The van der Waals surface area contributed by atoms with E-state index in [4.69, 9.17) is 5.73 Å². The normalized spacial score (nSPS) is 10.5. The van der Waals surface area contributed by atoms with Crippen LogP contribution in [0.2, 0.25) is 0 Å². The maximum absolute atomic E-state index is 12.7. The molecule has 1 amide bonds. The lowest BCUT2D eigenvalue weighted by atomic mass is 10.2. The third-order valence-corrected chi connectivity index (χ3v) is 1.89. The van der Waals surface area contributed by atoms with Gasteiger partial charge in [-0.2, -0.15) is 0 Å². The zero-order valence-corrected chi connectivity index (χ0v) is 6.70. The number of fused-ring (bicyclic) bond motifs is 1. The number of rotatable bonds is 0. The van der Waals surface area contributed by atoms with Crippen molar-refractivity contribution in [3.8, 4) is 0 Å². The van der Waals surface area contributed by atoms with E-state index in [0.29, 0.717) is 10.9 Å². The summed E-state index contributed by atoms with van der Waals surface area (Å²) in [6, 6.07) is 5.25. The topological polar surface area (TPSA) is 48.0 Å². The number of halogens is 1. The van der Waals surface area contributed by atoms with Crippen molar-refractivity contribution in [3.63, 3.8) is 0 Å². The van der Waals surface area contributed by atoms with Gasteiger partial charge in [-0.05, 0) is 24.3 Å². The van der Waals surface area contributed by atoms with E-state index in [1.807, 2.05) is 0 Å². The Morgan fingerprint density at radius 3 is 2.85 bits per heavy atom. The molecule has 1 aromatic carbocycles. The molecule has 0 aliphatic heterocycles. The van der Waals surface area contributed by atoms with E-state index in [9.17, 15) is 9.18 Å². The summed E-state index contributed by atoms with van der Waals surface area (Å²) in [5.74, 6) is -0.324. The van der Waals surface area contributed by atoms with Crippen molar-refractivity contribution < 1.29 is 9.18 Å². The minimum absolute atomic E-state index is 0.324. The van der Waals surface area contributed by atoms with Gasteiger partial charge in [-0.3, -0.25) is 4.57 Å². The fourth-order valence-electron chi connectivity index (χ4n) is 1.31. The minimum Gasteiger partial charge on any atom is -0.351 e. The Bertz CT molecular complexity index is 475. The van der Waals surface area contributed by atoms with Gasteiger partial charge < -0.3 is 5.73 Å². The first-order valence-electron chi connectivity index (χ1n) is 3.75. The van der Waals surface area contributed by atoms with Gasteiger partial charge in [0.05, 0.1) is 5.52 Å². The Balaban J connectivity index is 2.76. The molecular weight excluding hydrogens is 171 g/mol. The van der Waals surface area contributed by atoms with Gasteiger partial charge >= 0.3 is 6.03 Å². The summed E-state index contributed by atoms with van der Waals surface area (Å²) in [5, 5.41) is 0.666. The summed E-state index contributed by atoms with van der Waals surface area (Å²) in [6.45, 7) is 0. The van der Waals surface area contributed by atoms with Gasteiger partial charge in [0.25, 0.3) is 0 Å². The lowest BCUT2D eigenvalue weighted by Crippen LogP contribution is -2.17. The number of nitrogens with two attached hydrogens (primary N) is 1. The smallest absolute Gasteiger partial charge is 0.323 e. The first-order valence-corrected chi connectivity index (χ1v) is 3.75. The molecule has 2 rings (SSSR count). The molecule has 13 heavy (non-hydrogen) atoms. The highest BCUT2D eigenvalue weighted by molar-refractivity contribution is 5.90. The third-order valence-electron chi connectivity index (χ3n) is 1.89. The molecule has 2 N–H and O–H groups in total. The molecule has 0 aliphatic rings. The number of primary amides is 1. The van der Waals surface area contributed by atoms with Crippen LogP contribution in [-0.2, 0) is 0 Å². The lowest BCUT2D eigenvalue weighted by Gasteiger charge is -1.97. The first-order chi connectivity index (χ1) is 6.18. The van der Waals surface area contributed by atoms with E-state index in [1.54, 1.807) is 6.07 Å². The Kier molecular flexibility index (Phi) is 1.55. The average Bonchev–Trinajstić information content (AvgIpc) is 2.46. The first kappa shape index (κ1) is 7.79. The van der Waals surface area contributed by atoms with Crippen LogP contribution in [0.5, 0.6) is 0 Å². The zero-order chi connectivity index (χ0) is 9.42. The van der Waals surface area contributed by atoms with Crippen molar-refractivity contribution in [3.05, 3.63) is 36.3 Å². The van der Waals surface area contributed by atoms with Gasteiger partial charge in [0.1, 0.15) is 5.82 Å². The van der Waals surface area contributed by atoms with E-state index >= 15 is 0 Å². The summed E-state index contributed by atoms with van der Waals surface area (Å²) in [5.41, 5.74) is 5.71. The largest absolute Gasteiger partial charge is 0.351 e. The summed E-state index contributed by atoms with van der Waals surface area (Å²) in [4.78, 5) is 10.9. The number of hydrogen-bond acceptors (Lipinski definition) is 1. The van der Waals surface area contributed by atoms with Gasteiger partial charge in [0, 0.05) is 11.6 Å². The second-order valence-corrected chi connectivity index (χ2v) is 2.73. The molecule has 0 radical (unpaired) electrons. The SMILES string of the molecule is NC(=O)n1ccc2cc(F)ccc21. The predicted molar refractivity (Wildman–Crippen MR) is 46.9 cm³/mol. The van der Waals surface area contributed by atoms with Crippen molar-refractivity contribution in [1.82, 2.24) is 4.57 Å². The van der Waals surface area contributed by atoms with Crippen molar-refractivity contribution in [2.24, 2.45) is 5.73 Å². The Hall–Kier alpha value is -1.84. The second-order valence-electron chi connectivity index (χ2n) is 2.73. The van der Waals surface area contributed by atoms with Gasteiger partial charge in [-0.1, -0.05) is 0 Å². The summed E-state index contributed by atoms with van der Waals surface area (Å²) in [7, 11) is 0. The van der Waals surface area contributed by atoms with Gasteiger partial charge in [0.15, 0.2) is 0 Å². The monoisotopic (exact) mass is 178 g/mol.